The van der Waals surface area contributed by atoms with E-state index in [9.17, 15) is 0 Å². The van der Waals surface area contributed by atoms with Gasteiger partial charge >= 0.3 is 0 Å². The standard InChI is InChI=1S/C15H24N2S/c1-5-15(6-2,7-3)17-12-8-9-13(14(16)18)11(4)10-12/h8-10,17H,5-7H2,1-4H3,(H2,16,18). The second-order valence-corrected chi connectivity index (χ2v) is 5.30. The summed E-state index contributed by atoms with van der Waals surface area (Å²) in [7, 11) is 0. The van der Waals surface area contributed by atoms with Gasteiger partial charge in [0.2, 0.25) is 0 Å². The summed E-state index contributed by atoms with van der Waals surface area (Å²) in [6.07, 6.45) is 3.36. The second-order valence-electron chi connectivity index (χ2n) is 4.86. The molecule has 0 heterocycles. The van der Waals surface area contributed by atoms with Crippen LogP contribution in [0.15, 0.2) is 18.2 Å². The summed E-state index contributed by atoms with van der Waals surface area (Å²) < 4.78 is 0. The Balaban J connectivity index is 2.98. The number of aryl methyl sites for hydroxylation is 1. The van der Waals surface area contributed by atoms with Gasteiger partial charge in [-0.1, -0.05) is 33.0 Å². The van der Waals surface area contributed by atoms with Gasteiger partial charge in [-0.15, -0.1) is 0 Å². The minimum absolute atomic E-state index is 0.192. The highest BCUT2D eigenvalue weighted by molar-refractivity contribution is 7.80. The Morgan fingerprint density at radius 2 is 1.78 bits per heavy atom. The minimum Gasteiger partial charge on any atom is -0.389 e. The molecule has 0 radical (unpaired) electrons. The molecule has 0 amide bonds. The molecule has 1 rings (SSSR count). The molecule has 0 spiro atoms. The number of benzene rings is 1. The van der Waals surface area contributed by atoms with Crippen molar-refractivity contribution in [1.29, 1.82) is 0 Å². The molecule has 0 fully saturated rings. The van der Waals surface area contributed by atoms with Crippen molar-refractivity contribution in [3.8, 4) is 0 Å². The zero-order valence-electron chi connectivity index (χ0n) is 11.8. The lowest BCUT2D eigenvalue weighted by Crippen LogP contribution is -2.36. The Kier molecular flexibility index (Phi) is 5.15. The highest BCUT2D eigenvalue weighted by atomic mass is 32.1. The molecule has 0 aliphatic rings. The molecule has 0 aliphatic heterocycles. The quantitative estimate of drug-likeness (QED) is 0.762. The summed E-state index contributed by atoms with van der Waals surface area (Å²) >= 11 is 5.03. The van der Waals surface area contributed by atoms with Gasteiger partial charge in [0.25, 0.3) is 0 Å². The normalized spacial score (nSPS) is 11.3. The minimum atomic E-state index is 0.192. The summed E-state index contributed by atoms with van der Waals surface area (Å²) in [5, 5.41) is 3.66. The van der Waals surface area contributed by atoms with Crippen LogP contribution in [-0.2, 0) is 0 Å². The van der Waals surface area contributed by atoms with Crippen LogP contribution in [0.25, 0.3) is 0 Å². The van der Waals surface area contributed by atoms with Crippen LogP contribution in [-0.4, -0.2) is 10.5 Å². The molecule has 100 valence electrons. The van der Waals surface area contributed by atoms with E-state index < -0.39 is 0 Å². The fourth-order valence-electron chi connectivity index (χ4n) is 2.34. The van der Waals surface area contributed by atoms with Crippen LogP contribution < -0.4 is 11.1 Å². The number of nitrogens with two attached hydrogens (primary N) is 1. The number of nitrogens with one attached hydrogen (secondary N) is 1. The van der Waals surface area contributed by atoms with Crippen molar-refractivity contribution in [1.82, 2.24) is 0 Å². The van der Waals surface area contributed by atoms with Crippen LogP contribution in [0.4, 0.5) is 5.69 Å². The van der Waals surface area contributed by atoms with Gasteiger partial charge in [-0.3, -0.25) is 0 Å². The van der Waals surface area contributed by atoms with E-state index in [2.05, 4.69) is 38.2 Å². The fraction of sp³-hybridized carbons (Fsp3) is 0.533. The van der Waals surface area contributed by atoms with Crippen LogP contribution in [0.5, 0.6) is 0 Å². The first-order valence-corrected chi connectivity index (χ1v) is 7.07. The summed E-state index contributed by atoms with van der Waals surface area (Å²) in [4.78, 5) is 0.465. The van der Waals surface area contributed by atoms with E-state index in [1.54, 1.807) is 0 Å². The second kappa shape index (κ2) is 6.19. The maximum absolute atomic E-state index is 5.68. The molecule has 0 saturated heterocycles. The number of hydrogen-bond donors (Lipinski definition) is 2. The van der Waals surface area contributed by atoms with Gasteiger partial charge in [-0.25, -0.2) is 0 Å². The lowest BCUT2D eigenvalue weighted by atomic mass is 9.89. The zero-order valence-corrected chi connectivity index (χ0v) is 12.7. The van der Waals surface area contributed by atoms with Gasteiger partial charge in [0.05, 0.1) is 0 Å². The summed E-state index contributed by atoms with van der Waals surface area (Å²) in [6.45, 7) is 8.74. The molecule has 1 aromatic rings. The van der Waals surface area contributed by atoms with Crippen molar-refractivity contribution < 1.29 is 0 Å². The highest BCUT2D eigenvalue weighted by Gasteiger charge is 2.23. The topological polar surface area (TPSA) is 38.0 Å². The zero-order chi connectivity index (χ0) is 13.8. The Morgan fingerprint density at radius 1 is 1.22 bits per heavy atom. The molecule has 0 aromatic heterocycles. The molecular weight excluding hydrogens is 240 g/mol. The molecule has 2 nitrogen and oxygen atoms in total. The van der Waals surface area contributed by atoms with Gasteiger partial charge in [-0.2, -0.15) is 0 Å². The van der Waals surface area contributed by atoms with Crippen molar-refractivity contribution in [2.45, 2.75) is 52.5 Å². The molecule has 3 N–H and O–H groups in total. The number of rotatable bonds is 6. The van der Waals surface area contributed by atoms with E-state index in [0.717, 1.165) is 36.1 Å². The maximum Gasteiger partial charge on any atom is 0.104 e. The van der Waals surface area contributed by atoms with Crippen molar-refractivity contribution in [3.63, 3.8) is 0 Å². The Morgan fingerprint density at radius 3 is 2.17 bits per heavy atom. The highest BCUT2D eigenvalue weighted by Crippen LogP contribution is 2.26. The molecule has 1 aromatic carbocycles. The van der Waals surface area contributed by atoms with E-state index in [1.807, 2.05) is 13.0 Å². The smallest absolute Gasteiger partial charge is 0.104 e. The summed E-state index contributed by atoms with van der Waals surface area (Å²) in [6, 6.07) is 6.20. The molecule has 0 unspecified atom stereocenters. The summed E-state index contributed by atoms with van der Waals surface area (Å²) in [5.74, 6) is 0. The van der Waals surface area contributed by atoms with Crippen LogP contribution >= 0.6 is 12.2 Å². The van der Waals surface area contributed by atoms with E-state index in [4.69, 9.17) is 18.0 Å². The van der Waals surface area contributed by atoms with Crippen molar-refractivity contribution in [2.24, 2.45) is 5.73 Å². The first-order valence-electron chi connectivity index (χ1n) is 6.66. The van der Waals surface area contributed by atoms with Crippen molar-refractivity contribution >= 4 is 22.9 Å². The van der Waals surface area contributed by atoms with Gasteiger partial charge in [0.15, 0.2) is 0 Å². The lowest BCUT2D eigenvalue weighted by Gasteiger charge is -2.33. The SMILES string of the molecule is CCC(CC)(CC)Nc1ccc(C(N)=S)c(C)c1. The Bertz CT molecular complexity index is 414. The largest absolute Gasteiger partial charge is 0.389 e. The van der Waals surface area contributed by atoms with Crippen LogP contribution in [0, 0.1) is 6.92 Å². The van der Waals surface area contributed by atoms with E-state index in [-0.39, 0.29) is 5.54 Å². The Hall–Kier alpha value is -1.09. The molecular formula is C15H24N2S. The molecule has 0 bridgehead atoms. The molecule has 0 aliphatic carbocycles. The molecule has 3 heteroatoms. The monoisotopic (exact) mass is 264 g/mol. The van der Waals surface area contributed by atoms with Gasteiger partial charge in [0, 0.05) is 16.8 Å². The van der Waals surface area contributed by atoms with E-state index in [0.29, 0.717) is 4.99 Å². The molecule has 18 heavy (non-hydrogen) atoms. The third-order valence-corrected chi connectivity index (χ3v) is 4.15. The van der Waals surface area contributed by atoms with Gasteiger partial charge in [-0.05, 0) is 49.9 Å². The first-order chi connectivity index (χ1) is 8.48. The van der Waals surface area contributed by atoms with Crippen LogP contribution in [0.3, 0.4) is 0 Å². The number of thiocarbonyl (C=S) groups is 1. The first kappa shape index (κ1) is 15.0. The third kappa shape index (κ3) is 3.22. The predicted molar refractivity (Wildman–Crippen MR) is 84.3 cm³/mol. The van der Waals surface area contributed by atoms with Crippen molar-refractivity contribution in [2.75, 3.05) is 5.32 Å². The van der Waals surface area contributed by atoms with Gasteiger partial charge in [0.1, 0.15) is 4.99 Å². The average Bonchev–Trinajstić information content (AvgIpc) is 2.36. The lowest BCUT2D eigenvalue weighted by molar-refractivity contribution is 0.420. The van der Waals surface area contributed by atoms with E-state index >= 15 is 0 Å². The summed E-state index contributed by atoms with van der Waals surface area (Å²) in [5.41, 5.74) is 9.12. The van der Waals surface area contributed by atoms with E-state index in [1.165, 1.54) is 0 Å². The predicted octanol–water partition coefficient (Wildman–Crippen LogP) is 4.01. The Labute approximate surface area is 116 Å². The maximum atomic E-state index is 5.68. The third-order valence-electron chi connectivity index (χ3n) is 3.93. The van der Waals surface area contributed by atoms with Gasteiger partial charge < -0.3 is 11.1 Å². The fourth-order valence-corrected chi connectivity index (χ4v) is 2.57. The van der Waals surface area contributed by atoms with Crippen molar-refractivity contribution in [3.05, 3.63) is 29.3 Å². The molecule has 0 saturated carbocycles. The number of hydrogen-bond acceptors (Lipinski definition) is 2. The van der Waals surface area contributed by atoms with Crippen LogP contribution in [0.2, 0.25) is 0 Å². The number of anilines is 1. The van der Waals surface area contributed by atoms with Crippen LogP contribution in [0.1, 0.15) is 51.2 Å². The molecule has 0 atom stereocenters. The average molecular weight is 264 g/mol.